The van der Waals surface area contributed by atoms with Crippen molar-refractivity contribution in [1.29, 1.82) is 0 Å². The summed E-state index contributed by atoms with van der Waals surface area (Å²) < 4.78 is 1.31. The fraction of sp³-hybridized carbons (Fsp3) is 0.750. The molecule has 0 unspecified atom stereocenters. The van der Waals surface area contributed by atoms with Crippen LogP contribution in [0.4, 0.5) is 0 Å². The molecule has 1 fully saturated rings. The summed E-state index contributed by atoms with van der Waals surface area (Å²) in [5.74, 6) is 1.29. The zero-order valence-electron chi connectivity index (χ0n) is 3.48. The lowest BCUT2D eigenvalue weighted by Crippen LogP contribution is -1.63. The number of thiol groups is 1. The lowest BCUT2D eigenvalue weighted by atomic mass is 10.4. The molecule has 1 aliphatic heterocycles. The van der Waals surface area contributed by atoms with E-state index in [1.807, 2.05) is 11.8 Å². The SMILES string of the molecule is S[C]1CCCS1. The third kappa shape index (κ3) is 1.09. The zero-order chi connectivity index (χ0) is 4.41. The van der Waals surface area contributed by atoms with Crippen molar-refractivity contribution >= 4 is 24.4 Å². The van der Waals surface area contributed by atoms with E-state index in [1.54, 1.807) is 0 Å². The number of hydrogen-bond acceptors (Lipinski definition) is 2. The summed E-state index contributed by atoms with van der Waals surface area (Å²) in [6.45, 7) is 0. The molecule has 1 heterocycles. The maximum atomic E-state index is 4.17. The lowest BCUT2D eigenvalue weighted by Gasteiger charge is -1.88. The Labute approximate surface area is 48.1 Å². The van der Waals surface area contributed by atoms with Crippen molar-refractivity contribution in [3.8, 4) is 0 Å². The molecule has 0 aromatic rings. The molecule has 1 aliphatic rings. The van der Waals surface area contributed by atoms with Crippen LogP contribution in [-0.2, 0) is 0 Å². The largest absolute Gasteiger partial charge is 0.159 e. The van der Waals surface area contributed by atoms with Crippen LogP contribution in [0.3, 0.4) is 0 Å². The van der Waals surface area contributed by atoms with E-state index in [0.717, 1.165) is 0 Å². The van der Waals surface area contributed by atoms with Crippen LogP contribution in [0.15, 0.2) is 0 Å². The highest BCUT2D eigenvalue weighted by molar-refractivity contribution is 8.14. The highest BCUT2D eigenvalue weighted by Crippen LogP contribution is 2.35. The molecule has 0 bridgehead atoms. The molecule has 0 saturated carbocycles. The van der Waals surface area contributed by atoms with Crippen molar-refractivity contribution in [2.45, 2.75) is 12.8 Å². The Hall–Kier alpha value is 0.700. The molecule has 0 N–H and O–H groups in total. The molecule has 0 amide bonds. The second-order valence-corrected chi connectivity index (χ2v) is 3.38. The average molecular weight is 119 g/mol. The van der Waals surface area contributed by atoms with Gasteiger partial charge in [0.2, 0.25) is 0 Å². The molecule has 6 heavy (non-hydrogen) atoms. The smallest absolute Gasteiger partial charge is 0.0816 e. The maximum Gasteiger partial charge on any atom is 0.0816 e. The predicted octanol–water partition coefficient (Wildman–Crippen LogP) is 1.93. The molecular weight excluding hydrogens is 112 g/mol. The van der Waals surface area contributed by atoms with Gasteiger partial charge in [0.25, 0.3) is 0 Å². The van der Waals surface area contributed by atoms with E-state index in [9.17, 15) is 0 Å². The van der Waals surface area contributed by atoms with Gasteiger partial charge in [-0.15, -0.1) is 11.8 Å². The van der Waals surface area contributed by atoms with Crippen LogP contribution in [0.1, 0.15) is 12.8 Å². The molecule has 1 radical (unpaired) electrons. The van der Waals surface area contributed by atoms with Crippen LogP contribution >= 0.6 is 24.4 Å². The van der Waals surface area contributed by atoms with Gasteiger partial charge in [-0.05, 0) is 18.6 Å². The number of hydrogen-bond donors (Lipinski definition) is 1. The van der Waals surface area contributed by atoms with E-state index in [-0.39, 0.29) is 0 Å². The minimum absolute atomic E-state index is 1.23. The first kappa shape index (κ1) is 4.85. The molecule has 0 aromatic heterocycles. The minimum Gasteiger partial charge on any atom is -0.159 e. The first-order chi connectivity index (χ1) is 2.89. The summed E-state index contributed by atoms with van der Waals surface area (Å²) in [5.41, 5.74) is 0. The Bertz CT molecular complexity index is 38.8. The molecule has 0 atom stereocenters. The van der Waals surface area contributed by atoms with Crippen LogP contribution in [0.25, 0.3) is 0 Å². The van der Waals surface area contributed by atoms with E-state index in [4.69, 9.17) is 0 Å². The highest BCUT2D eigenvalue weighted by Gasteiger charge is 2.09. The van der Waals surface area contributed by atoms with E-state index in [0.29, 0.717) is 0 Å². The molecule has 1 saturated heterocycles. The molecule has 0 spiro atoms. The van der Waals surface area contributed by atoms with Crippen molar-refractivity contribution in [3.63, 3.8) is 0 Å². The second-order valence-electron chi connectivity index (χ2n) is 1.35. The fourth-order valence-corrected chi connectivity index (χ4v) is 1.73. The third-order valence-corrected chi connectivity index (χ3v) is 2.44. The van der Waals surface area contributed by atoms with Gasteiger partial charge < -0.3 is 0 Å². The van der Waals surface area contributed by atoms with Crippen molar-refractivity contribution < 1.29 is 0 Å². The van der Waals surface area contributed by atoms with Crippen molar-refractivity contribution in [1.82, 2.24) is 0 Å². The second kappa shape index (κ2) is 2.12. The average Bonchev–Trinajstić information content (AvgIpc) is 1.86. The Morgan fingerprint density at radius 3 is 2.67 bits per heavy atom. The normalized spacial score (nSPS) is 25.5. The molecule has 2 heteroatoms. The zero-order valence-corrected chi connectivity index (χ0v) is 5.19. The summed E-state index contributed by atoms with van der Waals surface area (Å²) in [4.78, 5) is 0. The van der Waals surface area contributed by atoms with Gasteiger partial charge in [0.15, 0.2) is 0 Å². The third-order valence-electron chi connectivity index (χ3n) is 0.804. The van der Waals surface area contributed by atoms with Crippen LogP contribution in [-0.4, -0.2) is 5.75 Å². The van der Waals surface area contributed by atoms with Crippen molar-refractivity contribution in [2.24, 2.45) is 0 Å². The van der Waals surface area contributed by atoms with Gasteiger partial charge in [-0.3, -0.25) is 0 Å². The molecule has 0 nitrogen and oxygen atoms in total. The van der Waals surface area contributed by atoms with Crippen molar-refractivity contribution in [2.75, 3.05) is 5.75 Å². The van der Waals surface area contributed by atoms with Gasteiger partial charge in [-0.1, -0.05) is 0 Å². The van der Waals surface area contributed by atoms with Crippen LogP contribution < -0.4 is 0 Å². The summed E-state index contributed by atoms with van der Waals surface area (Å²) in [5, 5.41) is 0. The summed E-state index contributed by atoms with van der Waals surface area (Å²) in [7, 11) is 0. The first-order valence-electron chi connectivity index (χ1n) is 2.07. The minimum atomic E-state index is 1.23. The van der Waals surface area contributed by atoms with Gasteiger partial charge in [0, 0.05) is 0 Å². The van der Waals surface area contributed by atoms with Crippen LogP contribution in [0, 0.1) is 4.58 Å². The summed E-state index contributed by atoms with van der Waals surface area (Å²) >= 11 is 6.05. The van der Waals surface area contributed by atoms with Crippen LogP contribution in [0.2, 0.25) is 0 Å². The maximum absolute atomic E-state index is 4.17. The van der Waals surface area contributed by atoms with Gasteiger partial charge in [-0.2, -0.15) is 12.6 Å². The molecular formula is C4H7S2. The van der Waals surface area contributed by atoms with Crippen LogP contribution in [0.5, 0.6) is 0 Å². The van der Waals surface area contributed by atoms with Crippen molar-refractivity contribution in [3.05, 3.63) is 4.58 Å². The van der Waals surface area contributed by atoms with Gasteiger partial charge in [-0.25, -0.2) is 0 Å². The quantitative estimate of drug-likeness (QED) is 0.475. The molecule has 0 aromatic carbocycles. The van der Waals surface area contributed by atoms with E-state index in [1.165, 1.54) is 23.2 Å². The van der Waals surface area contributed by atoms with Gasteiger partial charge >= 0.3 is 0 Å². The van der Waals surface area contributed by atoms with E-state index >= 15 is 0 Å². The standard InChI is InChI=1S/C4H7S2/c5-4-2-1-3-6-4/h5H,1-3H2. The highest BCUT2D eigenvalue weighted by atomic mass is 32.2. The predicted molar refractivity (Wildman–Crippen MR) is 33.9 cm³/mol. The van der Waals surface area contributed by atoms with E-state index < -0.39 is 0 Å². The van der Waals surface area contributed by atoms with E-state index in [2.05, 4.69) is 12.6 Å². The van der Waals surface area contributed by atoms with Gasteiger partial charge in [0.1, 0.15) is 0 Å². The monoisotopic (exact) mass is 119 g/mol. The topological polar surface area (TPSA) is 0 Å². The Kier molecular flexibility index (Phi) is 1.72. The summed E-state index contributed by atoms with van der Waals surface area (Å²) in [6.07, 6.45) is 2.57. The molecule has 35 valence electrons. The van der Waals surface area contributed by atoms with Gasteiger partial charge in [0.05, 0.1) is 4.58 Å². The fourth-order valence-electron chi connectivity index (χ4n) is 0.486. The Balaban J connectivity index is 2.18. The molecule has 0 aliphatic carbocycles. The first-order valence-corrected chi connectivity index (χ1v) is 3.50. The number of rotatable bonds is 0. The number of thioether (sulfide) groups is 1. The Morgan fingerprint density at radius 1 is 1.67 bits per heavy atom. The Morgan fingerprint density at radius 2 is 2.50 bits per heavy atom. The molecule has 1 rings (SSSR count). The summed E-state index contributed by atoms with van der Waals surface area (Å²) in [6, 6.07) is 0. The lowest BCUT2D eigenvalue weighted by molar-refractivity contribution is 0.982.